The van der Waals surface area contributed by atoms with E-state index in [9.17, 15) is 14.5 Å². The van der Waals surface area contributed by atoms with Gasteiger partial charge in [-0.05, 0) is 30.3 Å². The minimum Gasteiger partial charge on any atom is -0.490 e. The lowest BCUT2D eigenvalue weighted by Crippen LogP contribution is -2.00. The van der Waals surface area contributed by atoms with Crippen molar-refractivity contribution in [3.8, 4) is 17.2 Å². The molecule has 2 N–H and O–H groups in total. The minimum atomic E-state index is -0.569. The summed E-state index contributed by atoms with van der Waals surface area (Å²) in [5.41, 5.74) is 5.77. The number of hydrogen-bond donors (Lipinski definition) is 1. The van der Waals surface area contributed by atoms with Crippen LogP contribution in [0.3, 0.4) is 0 Å². The number of nitro groups is 1. The maximum absolute atomic E-state index is 13.1. The number of rotatable bonds is 5. The van der Waals surface area contributed by atoms with Crippen LogP contribution in [-0.4, -0.2) is 12.0 Å². The molecule has 2 aromatic carbocycles. The van der Waals surface area contributed by atoms with Crippen molar-refractivity contribution in [1.82, 2.24) is 0 Å². The molecule has 0 saturated carbocycles. The van der Waals surface area contributed by atoms with Crippen LogP contribution in [0, 0.1) is 15.9 Å². The minimum absolute atomic E-state index is 0.0886. The summed E-state index contributed by atoms with van der Waals surface area (Å²) < 4.78 is 23.6. The molecule has 0 aromatic heterocycles. The molecule has 0 unspecified atom stereocenters. The zero-order valence-electron chi connectivity index (χ0n) is 11.2. The predicted octanol–water partition coefficient (Wildman–Crippen LogP) is 2.99. The van der Waals surface area contributed by atoms with Crippen molar-refractivity contribution in [2.75, 3.05) is 7.11 Å². The van der Waals surface area contributed by atoms with E-state index in [4.69, 9.17) is 15.2 Å². The fraction of sp³-hybridized carbons (Fsp3) is 0.143. The van der Waals surface area contributed by atoms with Gasteiger partial charge in [0, 0.05) is 12.1 Å². The molecule has 0 spiro atoms. The maximum atomic E-state index is 13.1. The van der Waals surface area contributed by atoms with Gasteiger partial charge in [-0.3, -0.25) is 10.1 Å². The van der Waals surface area contributed by atoms with E-state index in [0.29, 0.717) is 11.3 Å². The summed E-state index contributed by atoms with van der Waals surface area (Å²) in [4.78, 5) is 10.4. The van der Waals surface area contributed by atoms with Crippen molar-refractivity contribution in [3.05, 3.63) is 57.9 Å². The molecule has 0 aliphatic carbocycles. The van der Waals surface area contributed by atoms with Crippen molar-refractivity contribution < 1.29 is 18.8 Å². The monoisotopic (exact) mass is 292 g/mol. The fourth-order valence-corrected chi connectivity index (χ4v) is 1.81. The van der Waals surface area contributed by atoms with Crippen molar-refractivity contribution in [2.45, 2.75) is 6.54 Å². The van der Waals surface area contributed by atoms with Crippen LogP contribution in [-0.2, 0) is 6.54 Å². The Balaban J connectivity index is 2.36. The largest absolute Gasteiger partial charge is 0.490 e. The molecule has 0 radical (unpaired) electrons. The van der Waals surface area contributed by atoms with Gasteiger partial charge >= 0.3 is 5.69 Å². The molecule has 21 heavy (non-hydrogen) atoms. The fourth-order valence-electron chi connectivity index (χ4n) is 1.81. The van der Waals surface area contributed by atoms with Crippen LogP contribution in [0.15, 0.2) is 36.4 Å². The third-order valence-corrected chi connectivity index (χ3v) is 2.82. The normalized spacial score (nSPS) is 10.2. The zero-order chi connectivity index (χ0) is 15.4. The standard InChI is InChI=1S/C14H13FN2O4/c1-20-14-5-3-11(7-12(14)17(18)19)21-13-4-2-10(15)6-9(13)8-16/h2-7H,8,16H2,1H3. The number of halogens is 1. The van der Waals surface area contributed by atoms with Crippen molar-refractivity contribution in [2.24, 2.45) is 5.73 Å². The Hall–Kier alpha value is -2.67. The second-order valence-corrected chi connectivity index (χ2v) is 4.15. The summed E-state index contributed by atoms with van der Waals surface area (Å²) in [5, 5.41) is 11.0. The molecule has 0 bridgehead atoms. The van der Waals surface area contributed by atoms with Crippen LogP contribution < -0.4 is 15.2 Å². The molecule has 0 aliphatic heterocycles. The summed E-state index contributed by atoms with van der Waals surface area (Å²) >= 11 is 0. The quantitative estimate of drug-likeness (QED) is 0.676. The average Bonchev–Trinajstić information content (AvgIpc) is 2.48. The molecule has 0 saturated heterocycles. The first kappa shape index (κ1) is 14.7. The first-order chi connectivity index (χ1) is 10.0. The van der Waals surface area contributed by atoms with Gasteiger partial charge in [-0.25, -0.2) is 4.39 Å². The van der Waals surface area contributed by atoms with Crippen LogP contribution in [0.5, 0.6) is 17.2 Å². The summed E-state index contributed by atoms with van der Waals surface area (Å²) in [6.07, 6.45) is 0. The molecule has 0 aliphatic rings. The molecule has 0 atom stereocenters. The Kier molecular flexibility index (Phi) is 4.34. The Morgan fingerprint density at radius 1 is 1.24 bits per heavy atom. The molecular weight excluding hydrogens is 279 g/mol. The summed E-state index contributed by atoms with van der Waals surface area (Å²) in [5.74, 6) is 0.288. The van der Waals surface area contributed by atoms with Gasteiger partial charge in [0.2, 0.25) is 0 Å². The highest BCUT2D eigenvalue weighted by atomic mass is 19.1. The number of nitrogens with zero attached hydrogens (tertiary/aromatic N) is 1. The van der Waals surface area contributed by atoms with Gasteiger partial charge in [0.1, 0.15) is 17.3 Å². The van der Waals surface area contributed by atoms with Crippen LogP contribution in [0.25, 0.3) is 0 Å². The number of ether oxygens (including phenoxy) is 2. The van der Waals surface area contributed by atoms with E-state index in [1.54, 1.807) is 0 Å². The SMILES string of the molecule is COc1ccc(Oc2ccc(F)cc2CN)cc1[N+](=O)[O-]. The van der Waals surface area contributed by atoms with Gasteiger partial charge in [-0.1, -0.05) is 0 Å². The summed E-state index contributed by atoms with van der Waals surface area (Å²) in [6.45, 7) is 0.0886. The number of nitro benzene ring substituents is 1. The number of hydrogen-bond acceptors (Lipinski definition) is 5. The predicted molar refractivity (Wildman–Crippen MR) is 74.0 cm³/mol. The molecule has 2 rings (SSSR count). The van der Waals surface area contributed by atoms with Crippen LogP contribution in [0.4, 0.5) is 10.1 Å². The molecule has 6 nitrogen and oxygen atoms in total. The van der Waals surface area contributed by atoms with E-state index in [1.807, 2.05) is 0 Å². The van der Waals surface area contributed by atoms with E-state index in [2.05, 4.69) is 0 Å². The van der Waals surface area contributed by atoms with E-state index >= 15 is 0 Å². The smallest absolute Gasteiger partial charge is 0.314 e. The summed E-state index contributed by atoms with van der Waals surface area (Å²) in [6, 6.07) is 8.10. The highest BCUT2D eigenvalue weighted by Crippen LogP contribution is 2.33. The Morgan fingerprint density at radius 2 is 1.95 bits per heavy atom. The molecule has 0 heterocycles. The average molecular weight is 292 g/mol. The molecule has 2 aromatic rings. The van der Waals surface area contributed by atoms with Crippen molar-refractivity contribution in [1.29, 1.82) is 0 Å². The van der Waals surface area contributed by atoms with Gasteiger partial charge in [0.05, 0.1) is 18.1 Å². The zero-order valence-corrected chi connectivity index (χ0v) is 11.2. The molecule has 7 heteroatoms. The summed E-state index contributed by atoms with van der Waals surface area (Å²) in [7, 11) is 1.34. The van der Waals surface area contributed by atoms with Gasteiger partial charge in [-0.2, -0.15) is 0 Å². The lowest BCUT2D eigenvalue weighted by molar-refractivity contribution is -0.385. The first-order valence-corrected chi connectivity index (χ1v) is 6.04. The van der Waals surface area contributed by atoms with Crippen molar-refractivity contribution >= 4 is 5.69 Å². The Labute approximate surface area is 120 Å². The highest BCUT2D eigenvalue weighted by molar-refractivity contribution is 5.52. The van der Waals surface area contributed by atoms with E-state index in [1.165, 1.54) is 43.5 Å². The third kappa shape index (κ3) is 3.26. The topological polar surface area (TPSA) is 87.6 Å². The molecule has 110 valence electrons. The molecule has 0 amide bonds. The van der Waals surface area contributed by atoms with Crippen LogP contribution in [0.1, 0.15) is 5.56 Å². The highest BCUT2D eigenvalue weighted by Gasteiger charge is 2.16. The van der Waals surface area contributed by atoms with Crippen LogP contribution >= 0.6 is 0 Å². The van der Waals surface area contributed by atoms with Gasteiger partial charge < -0.3 is 15.2 Å². The third-order valence-electron chi connectivity index (χ3n) is 2.82. The van der Waals surface area contributed by atoms with E-state index < -0.39 is 10.7 Å². The second-order valence-electron chi connectivity index (χ2n) is 4.15. The lowest BCUT2D eigenvalue weighted by atomic mass is 10.2. The Bertz CT molecular complexity index is 676. The number of nitrogens with two attached hydrogens (primary N) is 1. The van der Waals surface area contributed by atoms with Crippen molar-refractivity contribution in [3.63, 3.8) is 0 Å². The second kappa shape index (κ2) is 6.19. The number of benzene rings is 2. The Morgan fingerprint density at radius 3 is 2.57 bits per heavy atom. The van der Waals surface area contributed by atoms with E-state index in [0.717, 1.165) is 0 Å². The van der Waals surface area contributed by atoms with Gasteiger partial charge in [-0.15, -0.1) is 0 Å². The number of methoxy groups -OCH3 is 1. The lowest BCUT2D eigenvalue weighted by Gasteiger charge is -2.10. The first-order valence-electron chi connectivity index (χ1n) is 6.04. The maximum Gasteiger partial charge on any atom is 0.314 e. The van der Waals surface area contributed by atoms with Crippen LogP contribution in [0.2, 0.25) is 0 Å². The van der Waals surface area contributed by atoms with E-state index in [-0.39, 0.29) is 23.7 Å². The molecular formula is C14H13FN2O4. The van der Waals surface area contributed by atoms with Gasteiger partial charge in [0.15, 0.2) is 5.75 Å². The van der Waals surface area contributed by atoms with Gasteiger partial charge in [0.25, 0.3) is 0 Å². The molecule has 0 fully saturated rings.